The molecule has 116 valence electrons. The zero-order valence-electron chi connectivity index (χ0n) is 12.5. The number of nitrogens with one attached hydrogen (secondary N) is 1. The lowest BCUT2D eigenvalue weighted by atomic mass is 9.89. The van der Waals surface area contributed by atoms with Crippen LogP contribution in [0.5, 0.6) is 0 Å². The average molecular weight is 310 g/mol. The number of nitrogens with zero attached hydrogens (tertiary/aromatic N) is 1. The van der Waals surface area contributed by atoms with Crippen LogP contribution in [0.1, 0.15) is 26.2 Å². The second-order valence-corrected chi connectivity index (χ2v) is 6.15. The zero-order valence-corrected chi connectivity index (χ0v) is 13.3. The number of halogens is 1. The van der Waals surface area contributed by atoms with Crippen molar-refractivity contribution in [3.63, 3.8) is 0 Å². The first-order chi connectivity index (χ1) is 10.1. The van der Waals surface area contributed by atoms with E-state index >= 15 is 0 Å². The van der Waals surface area contributed by atoms with Crippen molar-refractivity contribution in [2.24, 2.45) is 11.7 Å². The van der Waals surface area contributed by atoms with E-state index in [2.05, 4.69) is 17.1 Å². The van der Waals surface area contributed by atoms with Crippen LogP contribution >= 0.6 is 11.6 Å². The highest BCUT2D eigenvalue weighted by Gasteiger charge is 2.27. The van der Waals surface area contributed by atoms with Crippen molar-refractivity contribution in [3.05, 3.63) is 29.3 Å². The zero-order chi connectivity index (χ0) is 15.2. The summed E-state index contributed by atoms with van der Waals surface area (Å²) in [6.07, 6.45) is 3.45. The fourth-order valence-electron chi connectivity index (χ4n) is 2.93. The molecule has 0 radical (unpaired) electrons. The standard InChI is InChI=1S/C16H24ClN3O/c1-2-12-7-8-20(15(9-12)10-18)11-16(21)19-14-5-3-13(17)4-6-14/h3-6,12,15H,2,7-11,18H2,1H3,(H,19,21). The molecule has 4 nitrogen and oxygen atoms in total. The highest BCUT2D eigenvalue weighted by atomic mass is 35.5. The Kier molecular flexibility index (Phi) is 6.03. The van der Waals surface area contributed by atoms with Gasteiger partial charge in [-0.3, -0.25) is 9.69 Å². The van der Waals surface area contributed by atoms with Crippen molar-refractivity contribution >= 4 is 23.2 Å². The lowest BCUT2D eigenvalue weighted by Crippen LogP contribution is -2.49. The second-order valence-electron chi connectivity index (χ2n) is 5.71. The molecule has 1 aromatic rings. The summed E-state index contributed by atoms with van der Waals surface area (Å²) in [5.74, 6) is 0.750. The van der Waals surface area contributed by atoms with Crippen molar-refractivity contribution in [1.82, 2.24) is 4.90 Å². The van der Waals surface area contributed by atoms with Gasteiger partial charge in [-0.25, -0.2) is 0 Å². The summed E-state index contributed by atoms with van der Waals surface area (Å²) in [6, 6.07) is 7.48. The van der Waals surface area contributed by atoms with Crippen LogP contribution < -0.4 is 11.1 Å². The first-order valence-corrected chi connectivity index (χ1v) is 7.99. The lowest BCUT2D eigenvalue weighted by Gasteiger charge is -2.38. The van der Waals surface area contributed by atoms with Crippen molar-refractivity contribution < 1.29 is 4.79 Å². The van der Waals surface area contributed by atoms with E-state index in [4.69, 9.17) is 17.3 Å². The number of rotatable bonds is 5. The van der Waals surface area contributed by atoms with Gasteiger partial charge >= 0.3 is 0 Å². The van der Waals surface area contributed by atoms with Crippen LogP contribution in [0.2, 0.25) is 5.02 Å². The van der Waals surface area contributed by atoms with Crippen LogP contribution in [-0.4, -0.2) is 36.5 Å². The molecule has 0 aliphatic carbocycles. The molecule has 5 heteroatoms. The molecule has 1 amide bonds. The number of benzene rings is 1. The van der Waals surface area contributed by atoms with Gasteiger partial charge in [-0.05, 0) is 49.6 Å². The van der Waals surface area contributed by atoms with E-state index in [9.17, 15) is 4.79 Å². The molecular weight excluding hydrogens is 286 g/mol. The molecule has 0 bridgehead atoms. The minimum absolute atomic E-state index is 0.00530. The van der Waals surface area contributed by atoms with Crippen molar-refractivity contribution in [1.29, 1.82) is 0 Å². The Balaban J connectivity index is 1.88. The highest BCUT2D eigenvalue weighted by Crippen LogP contribution is 2.24. The second kappa shape index (κ2) is 7.78. The number of likely N-dealkylation sites (tertiary alicyclic amines) is 1. The van der Waals surface area contributed by atoms with Gasteiger partial charge in [0.1, 0.15) is 0 Å². The normalized spacial score (nSPS) is 23.0. The molecule has 0 saturated carbocycles. The van der Waals surface area contributed by atoms with Gasteiger partial charge in [-0.1, -0.05) is 24.9 Å². The third-order valence-corrected chi connectivity index (χ3v) is 4.52. The molecule has 2 atom stereocenters. The fraction of sp³-hybridized carbons (Fsp3) is 0.562. The Morgan fingerprint density at radius 1 is 1.43 bits per heavy atom. The molecule has 2 rings (SSSR count). The summed E-state index contributed by atoms with van der Waals surface area (Å²) >= 11 is 5.83. The molecule has 21 heavy (non-hydrogen) atoms. The molecular formula is C16H24ClN3O. The molecule has 1 aliphatic rings. The largest absolute Gasteiger partial charge is 0.329 e. The topological polar surface area (TPSA) is 58.4 Å². The number of hydrogen-bond acceptors (Lipinski definition) is 3. The van der Waals surface area contributed by atoms with E-state index in [-0.39, 0.29) is 5.91 Å². The summed E-state index contributed by atoms with van der Waals surface area (Å²) in [6.45, 7) is 4.20. The monoisotopic (exact) mass is 309 g/mol. The third-order valence-electron chi connectivity index (χ3n) is 4.27. The molecule has 1 heterocycles. The predicted molar refractivity (Wildman–Crippen MR) is 87.5 cm³/mol. The summed E-state index contributed by atoms with van der Waals surface area (Å²) in [5, 5.41) is 3.57. The van der Waals surface area contributed by atoms with Gasteiger partial charge in [0, 0.05) is 23.3 Å². The number of nitrogens with two attached hydrogens (primary N) is 1. The van der Waals surface area contributed by atoms with Crippen LogP contribution in [-0.2, 0) is 4.79 Å². The van der Waals surface area contributed by atoms with E-state index in [0.29, 0.717) is 24.2 Å². The molecule has 3 N–H and O–H groups in total. The number of amides is 1. The number of piperidine rings is 1. The summed E-state index contributed by atoms with van der Waals surface area (Å²) in [7, 11) is 0. The maximum atomic E-state index is 12.2. The van der Waals surface area contributed by atoms with E-state index < -0.39 is 0 Å². The summed E-state index contributed by atoms with van der Waals surface area (Å²) in [4.78, 5) is 14.4. The van der Waals surface area contributed by atoms with Crippen molar-refractivity contribution in [2.75, 3.05) is 25.0 Å². The predicted octanol–water partition coefficient (Wildman–Crippen LogP) is 2.73. The first-order valence-electron chi connectivity index (χ1n) is 7.62. The molecule has 2 unspecified atom stereocenters. The quantitative estimate of drug-likeness (QED) is 0.879. The summed E-state index contributed by atoms with van der Waals surface area (Å²) in [5.41, 5.74) is 6.64. The first kappa shape index (κ1) is 16.3. The smallest absolute Gasteiger partial charge is 0.238 e. The van der Waals surface area contributed by atoms with E-state index in [1.807, 2.05) is 12.1 Å². The number of hydrogen-bond donors (Lipinski definition) is 2. The Bertz CT molecular complexity index is 463. The maximum Gasteiger partial charge on any atom is 0.238 e. The van der Waals surface area contributed by atoms with Crippen molar-refractivity contribution in [2.45, 2.75) is 32.2 Å². The Morgan fingerprint density at radius 3 is 2.76 bits per heavy atom. The van der Waals surface area contributed by atoms with Crippen molar-refractivity contribution in [3.8, 4) is 0 Å². The van der Waals surface area contributed by atoms with E-state index in [1.54, 1.807) is 12.1 Å². The third kappa shape index (κ3) is 4.70. The minimum Gasteiger partial charge on any atom is -0.329 e. The average Bonchev–Trinajstić information content (AvgIpc) is 2.50. The van der Waals surface area contributed by atoms with Crippen LogP contribution in [0.15, 0.2) is 24.3 Å². The minimum atomic E-state index is 0.00530. The maximum absolute atomic E-state index is 12.2. The van der Waals surface area contributed by atoms with Crippen LogP contribution in [0.25, 0.3) is 0 Å². The Morgan fingerprint density at radius 2 is 2.14 bits per heavy atom. The molecule has 0 aromatic heterocycles. The fourth-order valence-corrected chi connectivity index (χ4v) is 3.05. The molecule has 1 saturated heterocycles. The molecule has 1 fully saturated rings. The van der Waals surface area contributed by atoms with Crippen LogP contribution in [0, 0.1) is 5.92 Å². The van der Waals surface area contributed by atoms with Crippen LogP contribution in [0.3, 0.4) is 0 Å². The van der Waals surface area contributed by atoms with Crippen LogP contribution in [0.4, 0.5) is 5.69 Å². The van der Waals surface area contributed by atoms with E-state index in [0.717, 1.165) is 31.0 Å². The van der Waals surface area contributed by atoms with Gasteiger partial charge in [0.25, 0.3) is 0 Å². The number of carbonyl (C=O) groups excluding carboxylic acids is 1. The Labute approximate surface area is 131 Å². The Hall–Kier alpha value is -1.10. The molecule has 0 spiro atoms. The SMILES string of the molecule is CCC1CCN(CC(=O)Nc2ccc(Cl)cc2)C(CN)C1. The van der Waals surface area contributed by atoms with Gasteiger partial charge in [0.2, 0.25) is 5.91 Å². The van der Waals surface area contributed by atoms with Gasteiger partial charge in [-0.15, -0.1) is 0 Å². The molecule has 1 aromatic carbocycles. The summed E-state index contributed by atoms with van der Waals surface area (Å²) < 4.78 is 0. The number of anilines is 1. The van der Waals surface area contributed by atoms with E-state index in [1.165, 1.54) is 6.42 Å². The lowest BCUT2D eigenvalue weighted by molar-refractivity contribution is -0.118. The van der Waals surface area contributed by atoms with Gasteiger partial charge in [0.15, 0.2) is 0 Å². The van der Waals surface area contributed by atoms with Gasteiger partial charge < -0.3 is 11.1 Å². The van der Waals surface area contributed by atoms with Gasteiger partial charge in [0.05, 0.1) is 6.54 Å². The van der Waals surface area contributed by atoms with Gasteiger partial charge in [-0.2, -0.15) is 0 Å². The number of carbonyl (C=O) groups is 1. The molecule has 1 aliphatic heterocycles. The highest BCUT2D eigenvalue weighted by molar-refractivity contribution is 6.30.